The SMILES string of the molecule is COc1cc(OC)cc(C2C(C(=O)OCc3ccccc3)=C(C)N=C3SC=C(CC(=O)NCC4CCCO4)N32)c1. The molecule has 0 aliphatic carbocycles. The maximum atomic E-state index is 13.7. The number of ether oxygens (including phenoxy) is 4. The molecule has 1 fully saturated rings. The van der Waals surface area contributed by atoms with Crippen LogP contribution in [0.25, 0.3) is 0 Å². The van der Waals surface area contributed by atoms with Gasteiger partial charge in [-0.05, 0) is 48.4 Å². The van der Waals surface area contributed by atoms with E-state index >= 15 is 0 Å². The summed E-state index contributed by atoms with van der Waals surface area (Å²) < 4.78 is 22.5. The molecular formula is C30H33N3O6S. The molecule has 3 aliphatic heterocycles. The minimum atomic E-state index is -0.605. The van der Waals surface area contributed by atoms with E-state index in [4.69, 9.17) is 23.9 Å². The maximum absolute atomic E-state index is 13.7. The number of nitrogens with one attached hydrogen (secondary N) is 1. The van der Waals surface area contributed by atoms with Crippen LogP contribution in [0.15, 0.2) is 75.9 Å². The van der Waals surface area contributed by atoms with Gasteiger partial charge in [-0.3, -0.25) is 4.79 Å². The van der Waals surface area contributed by atoms with Crippen molar-refractivity contribution in [3.05, 3.63) is 82.0 Å². The topological polar surface area (TPSA) is 98.7 Å². The van der Waals surface area contributed by atoms with Crippen molar-refractivity contribution in [1.29, 1.82) is 0 Å². The second kappa shape index (κ2) is 12.6. The van der Waals surface area contributed by atoms with E-state index in [1.165, 1.54) is 11.8 Å². The highest BCUT2D eigenvalue weighted by atomic mass is 32.2. The normalized spacial score (nSPS) is 20.0. The number of carbonyl (C=O) groups is 2. The van der Waals surface area contributed by atoms with Crippen LogP contribution in [-0.4, -0.2) is 55.4 Å². The number of hydrogen-bond acceptors (Lipinski definition) is 9. The Morgan fingerprint density at radius 3 is 2.55 bits per heavy atom. The van der Waals surface area contributed by atoms with E-state index in [1.54, 1.807) is 27.2 Å². The van der Waals surface area contributed by atoms with Gasteiger partial charge in [0.2, 0.25) is 5.91 Å². The number of amides is 1. The number of methoxy groups -OCH3 is 2. The van der Waals surface area contributed by atoms with Crippen LogP contribution in [-0.2, 0) is 25.7 Å². The Balaban J connectivity index is 1.45. The second-order valence-electron chi connectivity index (χ2n) is 9.72. The predicted octanol–water partition coefficient (Wildman–Crippen LogP) is 4.71. The Hall–Kier alpha value is -3.76. The molecular weight excluding hydrogens is 530 g/mol. The lowest BCUT2D eigenvalue weighted by Crippen LogP contribution is -2.38. The van der Waals surface area contributed by atoms with Crippen molar-refractivity contribution in [3.63, 3.8) is 0 Å². The first kappa shape index (κ1) is 27.8. The molecule has 0 bridgehead atoms. The van der Waals surface area contributed by atoms with E-state index in [-0.39, 0.29) is 25.0 Å². The third-order valence-electron chi connectivity index (χ3n) is 7.02. The van der Waals surface area contributed by atoms with Crippen molar-refractivity contribution in [3.8, 4) is 11.5 Å². The summed E-state index contributed by atoms with van der Waals surface area (Å²) in [6.07, 6.45) is 2.13. The fraction of sp³-hybridized carbons (Fsp3) is 0.367. The highest BCUT2D eigenvalue weighted by molar-refractivity contribution is 8.16. The van der Waals surface area contributed by atoms with E-state index in [9.17, 15) is 9.59 Å². The van der Waals surface area contributed by atoms with Crippen LogP contribution in [0.5, 0.6) is 11.5 Å². The highest BCUT2D eigenvalue weighted by Gasteiger charge is 2.41. The quantitative estimate of drug-likeness (QED) is 0.415. The van der Waals surface area contributed by atoms with E-state index in [0.717, 1.165) is 36.3 Å². The molecule has 1 amide bonds. The highest BCUT2D eigenvalue weighted by Crippen LogP contribution is 2.46. The Morgan fingerprint density at radius 1 is 1.12 bits per heavy atom. The second-order valence-corrected chi connectivity index (χ2v) is 10.6. The maximum Gasteiger partial charge on any atom is 0.338 e. The van der Waals surface area contributed by atoms with E-state index < -0.39 is 12.0 Å². The Bertz CT molecular complexity index is 1330. The van der Waals surface area contributed by atoms with E-state index in [1.807, 2.05) is 52.8 Å². The molecule has 1 saturated heterocycles. The summed E-state index contributed by atoms with van der Waals surface area (Å²) in [4.78, 5) is 33.4. The number of carbonyl (C=O) groups excluding carboxylic acids is 2. The summed E-state index contributed by atoms with van der Waals surface area (Å²) in [6, 6.07) is 14.4. The summed E-state index contributed by atoms with van der Waals surface area (Å²) in [5.74, 6) is 0.569. The van der Waals surface area contributed by atoms with Crippen LogP contribution in [0.3, 0.4) is 0 Å². The molecule has 0 aromatic heterocycles. The summed E-state index contributed by atoms with van der Waals surface area (Å²) in [7, 11) is 3.16. The van der Waals surface area contributed by atoms with Gasteiger partial charge >= 0.3 is 5.97 Å². The van der Waals surface area contributed by atoms with Crippen molar-refractivity contribution in [2.45, 2.75) is 44.9 Å². The molecule has 40 heavy (non-hydrogen) atoms. The number of aliphatic imine (C=N–C) groups is 1. The zero-order valence-electron chi connectivity index (χ0n) is 22.8. The van der Waals surface area contributed by atoms with Crippen molar-refractivity contribution < 1.29 is 28.5 Å². The molecule has 2 atom stereocenters. The average Bonchev–Trinajstić information content (AvgIpc) is 3.64. The van der Waals surface area contributed by atoms with Gasteiger partial charge in [-0.1, -0.05) is 42.1 Å². The van der Waals surface area contributed by atoms with Crippen molar-refractivity contribution in [2.24, 2.45) is 4.99 Å². The van der Waals surface area contributed by atoms with Crippen LogP contribution < -0.4 is 14.8 Å². The van der Waals surface area contributed by atoms with E-state index in [2.05, 4.69) is 5.32 Å². The van der Waals surface area contributed by atoms with Gasteiger partial charge in [0.1, 0.15) is 18.1 Å². The minimum Gasteiger partial charge on any atom is -0.497 e. The fourth-order valence-electron chi connectivity index (χ4n) is 4.99. The first-order chi connectivity index (χ1) is 19.5. The standard InChI is InChI=1S/C30H33N3O6S/c1-19-27(29(35)39-17-20-8-5-4-6-9-20)28(21-12-24(36-2)15-25(13-21)37-3)33-22(18-40-30(33)32-19)14-26(34)31-16-23-10-7-11-38-23/h4-6,8-9,12-13,15,18,23,28H,7,10-11,14,16-17H2,1-3H3,(H,31,34). The van der Waals surface area contributed by atoms with Gasteiger partial charge in [-0.25, -0.2) is 9.79 Å². The van der Waals surface area contributed by atoms with Crippen molar-refractivity contribution >= 4 is 28.8 Å². The molecule has 3 heterocycles. The number of fused-ring (bicyclic) bond motifs is 1. The lowest BCUT2D eigenvalue weighted by Gasteiger charge is -2.36. The van der Waals surface area contributed by atoms with E-state index in [0.29, 0.717) is 34.5 Å². The first-order valence-corrected chi connectivity index (χ1v) is 14.1. The average molecular weight is 564 g/mol. The lowest BCUT2D eigenvalue weighted by molar-refractivity contribution is -0.141. The summed E-state index contributed by atoms with van der Waals surface area (Å²) in [5, 5.41) is 5.60. The predicted molar refractivity (Wildman–Crippen MR) is 153 cm³/mol. The molecule has 0 saturated carbocycles. The first-order valence-electron chi connectivity index (χ1n) is 13.2. The minimum absolute atomic E-state index is 0.0524. The smallest absolute Gasteiger partial charge is 0.338 e. The van der Waals surface area contributed by atoms with Crippen LogP contribution in [0.1, 0.15) is 43.4 Å². The summed E-state index contributed by atoms with van der Waals surface area (Å²) in [5.41, 5.74) is 3.32. The number of hydrogen-bond donors (Lipinski definition) is 1. The monoisotopic (exact) mass is 563 g/mol. The number of thioether (sulfide) groups is 1. The Morgan fingerprint density at radius 2 is 1.88 bits per heavy atom. The van der Waals surface area contributed by atoms with Gasteiger partial charge in [0.15, 0.2) is 5.17 Å². The van der Waals surface area contributed by atoms with Crippen molar-refractivity contribution in [2.75, 3.05) is 27.4 Å². The molecule has 9 nitrogen and oxygen atoms in total. The van der Waals surface area contributed by atoms with Gasteiger partial charge in [-0.15, -0.1) is 0 Å². The molecule has 5 rings (SSSR count). The molecule has 0 radical (unpaired) electrons. The number of rotatable bonds is 10. The van der Waals surface area contributed by atoms with Gasteiger partial charge < -0.3 is 29.2 Å². The van der Waals surface area contributed by atoms with Crippen LogP contribution in [0.4, 0.5) is 0 Å². The molecule has 3 aliphatic rings. The number of benzene rings is 2. The third-order valence-corrected chi connectivity index (χ3v) is 7.90. The fourth-order valence-corrected chi connectivity index (χ4v) is 5.96. The largest absolute Gasteiger partial charge is 0.497 e. The molecule has 2 aromatic rings. The lowest BCUT2D eigenvalue weighted by atomic mass is 9.93. The van der Waals surface area contributed by atoms with Gasteiger partial charge in [0.25, 0.3) is 0 Å². The zero-order chi connectivity index (χ0) is 28.1. The molecule has 2 aromatic carbocycles. The van der Waals surface area contributed by atoms with Crippen LogP contribution in [0, 0.1) is 0 Å². The van der Waals surface area contributed by atoms with Gasteiger partial charge in [0, 0.05) is 24.9 Å². The third kappa shape index (κ3) is 6.18. The number of esters is 1. The van der Waals surface area contributed by atoms with Gasteiger partial charge in [0.05, 0.1) is 44.1 Å². The Labute approximate surface area is 238 Å². The van der Waals surface area contributed by atoms with Gasteiger partial charge in [-0.2, -0.15) is 0 Å². The molecule has 2 unspecified atom stereocenters. The number of nitrogens with zero attached hydrogens (tertiary/aromatic N) is 2. The summed E-state index contributed by atoms with van der Waals surface area (Å²) in [6.45, 7) is 3.15. The number of amidine groups is 1. The number of allylic oxidation sites excluding steroid dienone is 1. The van der Waals surface area contributed by atoms with Crippen LogP contribution >= 0.6 is 11.8 Å². The van der Waals surface area contributed by atoms with Crippen LogP contribution in [0.2, 0.25) is 0 Å². The summed E-state index contributed by atoms with van der Waals surface area (Å²) >= 11 is 1.43. The zero-order valence-corrected chi connectivity index (χ0v) is 23.7. The van der Waals surface area contributed by atoms with Crippen molar-refractivity contribution in [1.82, 2.24) is 10.2 Å². The Kier molecular flexibility index (Phi) is 8.76. The molecule has 10 heteroatoms. The molecule has 210 valence electrons. The molecule has 0 spiro atoms. The molecule has 1 N–H and O–H groups in total.